The summed E-state index contributed by atoms with van der Waals surface area (Å²) in [6.45, 7) is 7.37. The minimum Gasteiger partial charge on any atom is -0.497 e. The molecule has 1 amide bonds. The summed E-state index contributed by atoms with van der Waals surface area (Å²) in [6.07, 6.45) is 5.22. The van der Waals surface area contributed by atoms with Crippen molar-refractivity contribution in [2.75, 3.05) is 12.0 Å². The molecule has 4 nitrogen and oxygen atoms in total. The van der Waals surface area contributed by atoms with Crippen LogP contribution in [0.1, 0.15) is 18.2 Å². The van der Waals surface area contributed by atoms with Gasteiger partial charge in [0.25, 0.3) is 5.91 Å². The fraction of sp³-hybridized carbons (Fsp3) is 0.167. The van der Waals surface area contributed by atoms with E-state index in [0.29, 0.717) is 12.2 Å². The average molecular weight is 297 g/mol. The fourth-order valence-electron chi connectivity index (χ4n) is 2.29. The Morgan fingerprint density at radius 1 is 1.32 bits per heavy atom. The number of hydrogen-bond acceptors (Lipinski definition) is 3. The molecule has 0 radical (unpaired) electrons. The molecule has 0 saturated carbocycles. The number of carbonyl (C=O) groups is 1. The van der Waals surface area contributed by atoms with Crippen molar-refractivity contribution in [1.82, 2.24) is 0 Å². The molecule has 1 aromatic heterocycles. The highest BCUT2D eigenvalue weighted by atomic mass is 16.5. The summed E-state index contributed by atoms with van der Waals surface area (Å²) in [4.78, 5) is 14.0. The van der Waals surface area contributed by atoms with Gasteiger partial charge in [-0.3, -0.25) is 9.69 Å². The number of hydrogen-bond donors (Lipinski definition) is 0. The molecule has 22 heavy (non-hydrogen) atoms. The zero-order valence-corrected chi connectivity index (χ0v) is 12.6. The van der Waals surface area contributed by atoms with Crippen LogP contribution in [-0.4, -0.2) is 13.0 Å². The largest absolute Gasteiger partial charge is 0.497 e. The summed E-state index contributed by atoms with van der Waals surface area (Å²) in [7, 11) is 1.60. The monoisotopic (exact) mass is 297 g/mol. The first-order valence-corrected chi connectivity index (χ1v) is 6.95. The maximum Gasteiger partial charge on any atom is 0.251 e. The Morgan fingerprint density at radius 3 is 2.55 bits per heavy atom. The van der Waals surface area contributed by atoms with Crippen LogP contribution < -0.4 is 9.64 Å². The van der Waals surface area contributed by atoms with Gasteiger partial charge in [0.1, 0.15) is 11.5 Å². The number of carbonyl (C=O) groups excluding carboxylic acids is 1. The summed E-state index contributed by atoms with van der Waals surface area (Å²) in [5.41, 5.74) is 0.744. The molecule has 0 aliphatic rings. The standard InChI is InChI=1S/C18H19NO3/c1-4-7-16(17-8-6-13-22-17)19(18(20)5-2)14-9-11-15(21-3)12-10-14/h4-6,8-13,16H,1-2,7H2,3H3. The summed E-state index contributed by atoms with van der Waals surface area (Å²) in [5, 5.41) is 0. The number of rotatable bonds is 7. The second kappa shape index (κ2) is 7.31. The van der Waals surface area contributed by atoms with Gasteiger partial charge in [0.2, 0.25) is 0 Å². The van der Waals surface area contributed by atoms with Crippen LogP contribution in [0.15, 0.2) is 72.4 Å². The lowest BCUT2D eigenvalue weighted by Gasteiger charge is -2.29. The third-order valence-corrected chi connectivity index (χ3v) is 3.34. The van der Waals surface area contributed by atoms with Crippen LogP contribution in [0, 0.1) is 0 Å². The molecule has 1 unspecified atom stereocenters. The number of benzene rings is 1. The molecule has 1 aromatic carbocycles. The van der Waals surface area contributed by atoms with Gasteiger partial charge in [-0.25, -0.2) is 0 Å². The van der Waals surface area contributed by atoms with Gasteiger partial charge in [-0.05, 0) is 48.9 Å². The number of nitrogens with zero attached hydrogens (tertiary/aromatic N) is 1. The van der Waals surface area contributed by atoms with Gasteiger partial charge in [0, 0.05) is 5.69 Å². The van der Waals surface area contributed by atoms with Crippen LogP contribution in [0.4, 0.5) is 5.69 Å². The minimum atomic E-state index is -0.272. The van der Waals surface area contributed by atoms with Crippen molar-refractivity contribution in [3.8, 4) is 5.75 Å². The Labute approximate surface area is 130 Å². The Morgan fingerprint density at radius 2 is 2.05 bits per heavy atom. The SMILES string of the molecule is C=CCC(c1ccco1)N(C(=O)C=C)c1ccc(OC)cc1. The first-order chi connectivity index (χ1) is 10.7. The average Bonchev–Trinajstić information content (AvgIpc) is 3.09. The predicted molar refractivity (Wildman–Crippen MR) is 86.9 cm³/mol. The quantitative estimate of drug-likeness (QED) is 0.570. The normalized spacial score (nSPS) is 11.5. The molecule has 1 atom stereocenters. The zero-order chi connectivity index (χ0) is 15.9. The maximum absolute atomic E-state index is 12.4. The summed E-state index contributed by atoms with van der Waals surface area (Å²) < 4.78 is 10.6. The van der Waals surface area contributed by atoms with Crippen LogP contribution >= 0.6 is 0 Å². The van der Waals surface area contributed by atoms with E-state index < -0.39 is 0 Å². The molecule has 2 rings (SSSR count). The third-order valence-electron chi connectivity index (χ3n) is 3.34. The van der Waals surface area contributed by atoms with Crippen LogP contribution in [0.3, 0.4) is 0 Å². The van der Waals surface area contributed by atoms with Crippen LogP contribution in [0.2, 0.25) is 0 Å². The molecular weight excluding hydrogens is 278 g/mol. The first-order valence-electron chi connectivity index (χ1n) is 6.95. The second-order valence-corrected chi connectivity index (χ2v) is 4.67. The van der Waals surface area contributed by atoms with Crippen molar-refractivity contribution in [2.45, 2.75) is 12.5 Å². The first kappa shape index (κ1) is 15.6. The van der Waals surface area contributed by atoms with Crippen molar-refractivity contribution < 1.29 is 13.9 Å². The molecule has 0 bridgehead atoms. The molecular formula is C18H19NO3. The lowest BCUT2D eigenvalue weighted by Crippen LogP contribution is -2.33. The third kappa shape index (κ3) is 3.28. The fourth-order valence-corrected chi connectivity index (χ4v) is 2.29. The van der Waals surface area contributed by atoms with Gasteiger partial charge >= 0.3 is 0 Å². The van der Waals surface area contributed by atoms with Crippen molar-refractivity contribution in [3.05, 3.63) is 73.7 Å². The molecule has 2 aromatic rings. The van der Waals surface area contributed by atoms with Crippen molar-refractivity contribution in [1.29, 1.82) is 0 Å². The molecule has 4 heteroatoms. The van der Waals surface area contributed by atoms with Crippen LogP contribution in [0.5, 0.6) is 5.75 Å². The Balaban J connectivity index is 2.44. The second-order valence-electron chi connectivity index (χ2n) is 4.67. The van der Waals surface area contributed by atoms with Crippen molar-refractivity contribution in [3.63, 3.8) is 0 Å². The van der Waals surface area contributed by atoms with E-state index >= 15 is 0 Å². The minimum absolute atomic E-state index is 0.201. The highest BCUT2D eigenvalue weighted by molar-refractivity contribution is 6.01. The van der Waals surface area contributed by atoms with Gasteiger partial charge < -0.3 is 9.15 Å². The molecule has 0 aliphatic carbocycles. The van der Waals surface area contributed by atoms with E-state index in [1.165, 1.54) is 6.08 Å². The number of anilines is 1. The molecule has 0 spiro atoms. The van der Waals surface area contributed by atoms with Crippen LogP contribution in [0.25, 0.3) is 0 Å². The number of methoxy groups -OCH3 is 1. The maximum atomic E-state index is 12.4. The van der Waals surface area contributed by atoms with E-state index in [-0.39, 0.29) is 11.9 Å². The lowest BCUT2D eigenvalue weighted by atomic mass is 10.1. The van der Waals surface area contributed by atoms with Crippen molar-refractivity contribution >= 4 is 11.6 Å². The molecule has 1 heterocycles. The number of ether oxygens (including phenoxy) is 1. The molecule has 0 fully saturated rings. The summed E-state index contributed by atoms with van der Waals surface area (Å²) in [5.74, 6) is 1.23. The van der Waals surface area contributed by atoms with E-state index in [0.717, 1.165) is 11.4 Å². The number of furan rings is 1. The molecule has 114 valence electrons. The van der Waals surface area contributed by atoms with Gasteiger partial charge in [0.05, 0.1) is 19.4 Å². The zero-order valence-electron chi connectivity index (χ0n) is 12.6. The summed E-state index contributed by atoms with van der Waals surface area (Å²) in [6, 6.07) is 10.7. The van der Waals surface area contributed by atoms with E-state index in [1.807, 2.05) is 30.3 Å². The molecule has 0 aliphatic heterocycles. The van der Waals surface area contributed by atoms with Gasteiger partial charge in [-0.1, -0.05) is 12.7 Å². The van der Waals surface area contributed by atoms with E-state index in [4.69, 9.17) is 9.15 Å². The van der Waals surface area contributed by atoms with Crippen LogP contribution in [-0.2, 0) is 4.79 Å². The molecule has 0 N–H and O–H groups in total. The topological polar surface area (TPSA) is 42.7 Å². The van der Waals surface area contributed by atoms with Gasteiger partial charge in [0.15, 0.2) is 0 Å². The smallest absolute Gasteiger partial charge is 0.251 e. The lowest BCUT2D eigenvalue weighted by molar-refractivity contribution is -0.114. The Kier molecular flexibility index (Phi) is 5.20. The number of amides is 1. The van der Waals surface area contributed by atoms with Gasteiger partial charge in [-0.2, -0.15) is 0 Å². The Bertz CT molecular complexity index is 629. The van der Waals surface area contributed by atoms with E-state index in [2.05, 4.69) is 13.2 Å². The predicted octanol–water partition coefficient (Wildman–Crippen LogP) is 4.12. The van der Waals surface area contributed by atoms with Crippen molar-refractivity contribution in [2.24, 2.45) is 0 Å². The molecule has 0 saturated heterocycles. The summed E-state index contributed by atoms with van der Waals surface area (Å²) >= 11 is 0. The Hall–Kier alpha value is -2.75. The van der Waals surface area contributed by atoms with E-state index in [9.17, 15) is 4.79 Å². The highest BCUT2D eigenvalue weighted by Gasteiger charge is 2.26. The van der Waals surface area contributed by atoms with E-state index in [1.54, 1.807) is 30.4 Å². The van der Waals surface area contributed by atoms with Gasteiger partial charge in [-0.15, -0.1) is 6.58 Å². The highest BCUT2D eigenvalue weighted by Crippen LogP contribution is 2.32.